The van der Waals surface area contributed by atoms with E-state index in [0.29, 0.717) is 13.0 Å². The lowest BCUT2D eigenvalue weighted by Crippen LogP contribution is -2.28. The summed E-state index contributed by atoms with van der Waals surface area (Å²) in [6.07, 6.45) is 0.915. The van der Waals surface area contributed by atoms with Crippen molar-refractivity contribution < 1.29 is 5.11 Å². The number of aliphatic hydroxyl groups is 1. The Morgan fingerprint density at radius 3 is 2.27 bits per heavy atom. The van der Waals surface area contributed by atoms with Crippen LogP contribution in [0.2, 0.25) is 0 Å². The summed E-state index contributed by atoms with van der Waals surface area (Å²) in [5.41, 5.74) is 8.19. The Morgan fingerprint density at radius 2 is 1.65 bits per heavy atom. The van der Waals surface area contributed by atoms with Crippen molar-refractivity contribution in [2.45, 2.75) is 37.5 Å². The minimum absolute atomic E-state index is 0. The first-order valence-electron chi connectivity index (χ1n) is 8.68. The molecule has 1 aromatic heterocycles. The summed E-state index contributed by atoms with van der Waals surface area (Å²) in [4.78, 5) is 4.81. The van der Waals surface area contributed by atoms with Crippen LogP contribution in [0, 0.1) is 0 Å². The standard InChI is InChI=1S/C20H22N4O.ClH/c21-17-11-16(12-18(17)25)20-22-19(15-9-5-2-6-10-15)23-24(20)13-14-7-3-1-4-8-14;/h1-10,16-18,25H,11-13,21H2;1H/t16-,17+,18+;/m0./s1. The number of hydrogen-bond acceptors (Lipinski definition) is 4. The van der Waals surface area contributed by atoms with Crippen LogP contribution in [0.4, 0.5) is 0 Å². The molecule has 0 aliphatic heterocycles. The first-order chi connectivity index (χ1) is 12.2. The fourth-order valence-corrected chi connectivity index (χ4v) is 3.50. The van der Waals surface area contributed by atoms with Crippen molar-refractivity contribution >= 4 is 12.4 Å². The molecule has 0 saturated heterocycles. The van der Waals surface area contributed by atoms with Crippen LogP contribution in [-0.4, -0.2) is 32.0 Å². The molecule has 1 saturated carbocycles. The van der Waals surface area contributed by atoms with Gasteiger partial charge >= 0.3 is 0 Å². The van der Waals surface area contributed by atoms with Gasteiger partial charge in [0.2, 0.25) is 0 Å². The van der Waals surface area contributed by atoms with E-state index in [-0.39, 0.29) is 24.4 Å². The quantitative estimate of drug-likeness (QED) is 0.740. The highest BCUT2D eigenvalue weighted by Crippen LogP contribution is 2.34. The van der Waals surface area contributed by atoms with Crippen molar-refractivity contribution in [1.82, 2.24) is 14.8 Å². The average Bonchev–Trinajstić information content (AvgIpc) is 3.20. The van der Waals surface area contributed by atoms with Crippen LogP contribution in [0.5, 0.6) is 0 Å². The summed E-state index contributed by atoms with van der Waals surface area (Å²) in [7, 11) is 0. The van der Waals surface area contributed by atoms with Gasteiger partial charge in [0.05, 0.1) is 12.6 Å². The highest BCUT2D eigenvalue weighted by atomic mass is 35.5. The minimum Gasteiger partial charge on any atom is -0.391 e. The normalized spacial score (nSPS) is 22.2. The first-order valence-corrected chi connectivity index (χ1v) is 8.68. The van der Waals surface area contributed by atoms with E-state index >= 15 is 0 Å². The predicted molar refractivity (Wildman–Crippen MR) is 104 cm³/mol. The molecule has 3 N–H and O–H groups in total. The molecule has 1 aliphatic carbocycles. The molecule has 2 aromatic carbocycles. The molecule has 1 fully saturated rings. The maximum atomic E-state index is 10.1. The maximum absolute atomic E-state index is 10.1. The highest BCUT2D eigenvalue weighted by Gasteiger charge is 2.34. The second-order valence-corrected chi connectivity index (χ2v) is 6.70. The molecule has 0 spiro atoms. The van der Waals surface area contributed by atoms with Crippen molar-refractivity contribution in [3.05, 3.63) is 72.1 Å². The monoisotopic (exact) mass is 370 g/mol. The maximum Gasteiger partial charge on any atom is 0.181 e. The van der Waals surface area contributed by atoms with Crippen LogP contribution in [0.15, 0.2) is 60.7 Å². The van der Waals surface area contributed by atoms with Gasteiger partial charge < -0.3 is 10.8 Å². The number of aromatic nitrogens is 3. The smallest absolute Gasteiger partial charge is 0.181 e. The summed E-state index contributed by atoms with van der Waals surface area (Å²) in [6.45, 7) is 0.665. The van der Waals surface area contributed by atoms with Gasteiger partial charge in [0.25, 0.3) is 0 Å². The fraction of sp³-hybridized carbons (Fsp3) is 0.300. The third kappa shape index (κ3) is 3.80. The SMILES string of the molecule is Cl.N[C@@H]1C[C@H](c2nc(-c3ccccc3)nn2Cc2ccccc2)C[C@H]1O. The number of nitrogens with two attached hydrogens (primary N) is 1. The van der Waals surface area contributed by atoms with E-state index < -0.39 is 6.10 Å². The zero-order chi connectivity index (χ0) is 17.2. The van der Waals surface area contributed by atoms with E-state index in [1.807, 2.05) is 53.2 Å². The summed E-state index contributed by atoms with van der Waals surface area (Å²) >= 11 is 0. The van der Waals surface area contributed by atoms with E-state index in [1.54, 1.807) is 0 Å². The molecule has 0 radical (unpaired) electrons. The van der Waals surface area contributed by atoms with Gasteiger partial charge in [-0.15, -0.1) is 12.4 Å². The zero-order valence-corrected chi connectivity index (χ0v) is 15.2. The van der Waals surface area contributed by atoms with E-state index in [9.17, 15) is 5.11 Å². The summed E-state index contributed by atoms with van der Waals surface area (Å²) in [6, 6.07) is 20.0. The van der Waals surface area contributed by atoms with E-state index in [4.69, 9.17) is 15.8 Å². The molecule has 5 nitrogen and oxygen atoms in total. The fourth-order valence-electron chi connectivity index (χ4n) is 3.50. The number of benzene rings is 2. The van der Waals surface area contributed by atoms with Crippen LogP contribution in [0.25, 0.3) is 11.4 Å². The van der Waals surface area contributed by atoms with E-state index in [1.165, 1.54) is 5.56 Å². The molecule has 136 valence electrons. The van der Waals surface area contributed by atoms with Crippen molar-refractivity contribution in [3.8, 4) is 11.4 Å². The molecular weight excluding hydrogens is 348 g/mol. The van der Waals surface area contributed by atoms with E-state index in [0.717, 1.165) is 23.6 Å². The average molecular weight is 371 g/mol. The van der Waals surface area contributed by atoms with Crippen molar-refractivity contribution in [3.63, 3.8) is 0 Å². The lowest BCUT2D eigenvalue weighted by atomic mass is 10.1. The summed E-state index contributed by atoms with van der Waals surface area (Å²) in [5.74, 6) is 1.77. The Hall–Kier alpha value is -2.21. The van der Waals surface area contributed by atoms with Crippen LogP contribution in [0.3, 0.4) is 0 Å². The van der Waals surface area contributed by atoms with Gasteiger partial charge in [-0.3, -0.25) is 0 Å². The molecule has 0 unspecified atom stereocenters. The molecule has 4 rings (SSSR count). The van der Waals surface area contributed by atoms with Crippen molar-refractivity contribution in [2.75, 3.05) is 0 Å². The number of rotatable bonds is 4. The van der Waals surface area contributed by atoms with Crippen LogP contribution < -0.4 is 5.73 Å². The molecule has 3 aromatic rings. The number of nitrogens with zero attached hydrogens (tertiary/aromatic N) is 3. The molecule has 1 heterocycles. The molecule has 0 amide bonds. The minimum atomic E-state index is -0.466. The van der Waals surface area contributed by atoms with Crippen LogP contribution in [-0.2, 0) is 6.54 Å². The predicted octanol–water partition coefficient (Wildman–Crippen LogP) is 2.98. The van der Waals surface area contributed by atoms with Gasteiger partial charge in [-0.2, -0.15) is 5.10 Å². The number of hydrogen-bond donors (Lipinski definition) is 2. The lowest BCUT2D eigenvalue weighted by molar-refractivity contribution is 0.163. The Balaban J connectivity index is 0.00000196. The van der Waals surface area contributed by atoms with Crippen molar-refractivity contribution in [1.29, 1.82) is 0 Å². The van der Waals surface area contributed by atoms with Gasteiger partial charge in [-0.1, -0.05) is 60.7 Å². The Kier molecular flexibility index (Phi) is 5.71. The van der Waals surface area contributed by atoms with Crippen LogP contribution in [0.1, 0.15) is 30.1 Å². The lowest BCUT2D eigenvalue weighted by Gasteiger charge is -2.11. The van der Waals surface area contributed by atoms with Crippen LogP contribution >= 0.6 is 12.4 Å². The Morgan fingerprint density at radius 1 is 1.00 bits per heavy atom. The summed E-state index contributed by atoms with van der Waals surface area (Å²) < 4.78 is 1.97. The first kappa shape index (κ1) is 18.6. The molecule has 26 heavy (non-hydrogen) atoms. The molecule has 0 bridgehead atoms. The molecular formula is C20H23ClN4O. The Bertz CT molecular complexity index is 828. The Labute approximate surface area is 159 Å². The second-order valence-electron chi connectivity index (χ2n) is 6.70. The third-order valence-electron chi connectivity index (χ3n) is 4.85. The molecule has 1 aliphatic rings. The van der Waals surface area contributed by atoms with Gasteiger partial charge in [0, 0.05) is 17.5 Å². The number of halogens is 1. The number of aliphatic hydroxyl groups excluding tert-OH is 1. The van der Waals surface area contributed by atoms with Gasteiger partial charge in [0.1, 0.15) is 5.82 Å². The van der Waals surface area contributed by atoms with Crippen molar-refractivity contribution in [2.24, 2.45) is 5.73 Å². The second kappa shape index (κ2) is 7.99. The topological polar surface area (TPSA) is 77.0 Å². The van der Waals surface area contributed by atoms with E-state index in [2.05, 4.69) is 12.1 Å². The summed E-state index contributed by atoms with van der Waals surface area (Å²) in [5, 5.41) is 14.8. The highest BCUT2D eigenvalue weighted by molar-refractivity contribution is 5.85. The van der Waals surface area contributed by atoms with Gasteiger partial charge in [-0.05, 0) is 18.4 Å². The largest absolute Gasteiger partial charge is 0.391 e. The molecule has 6 heteroatoms. The van der Waals surface area contributed by atoms with Gasteiger partial charge in [-0.25, -0.2) is 9.67 Å². The third-order valence-corrected chi connectivity index (χ3v) is 4.85. The molecule has 3 atom stereocenters. The van der Waals surface area contributed by atoms with Gasteiger partial charge in [0.15, 0.2) is 5.82 Å². The zero-order valence-electron chi connectivity index (χ0n) is 14.4.